The molecule has 0 fully saturated rings. The molecule has 3 aromatic rings. The first-order chi connectivity index (χ1) is 17.3. The van der Waals surface area contributed by atoms with Gasteiger partial charge in [-0.1, -0.05) is 66.9 Å². The van der Waals surface area contributed by atoms with Crippen LogP contribution in [0.1, 0.15) is 65.3 Å². The zero-order chi connectivity index (χ0) is 26.1. The van der Waals surface area contributed by atoms with E-state index in [0.717, 1.165) is 24.0 Å². The van der Waals surface area contributed by atoms with Gasteiger partial charge in [0, 0.05) is 23.0 Å². The Morgan fingerprint density at radius 1 is 1.03 bits per heavy atom. The maximum absolute atomic E-state index is 12.4. The highest BCUT2D eigenvalue weighted by molar-refractivity contribution is 6.32. The Balaban J connectivity index is 1.95. The van der Waals surface area contributed by atoms with Gasteiger partial charge in [0.1, 0.15) is 23.5 Å². The number of nitrogens with one attached hydrogen (secondary N) is 1. The van der Waals surface area contributed by atoms with Gasteiger partial charge in [0.05, 0.1) is 11.4 Å². The fourth-order valence-electron chi connectivity index (χ4n) is 3.95. The molecule has 2 atom stereocenters. The largest absolute Gasteiger partial charge is 0.484 e. The third-order valence-electron chi connectivity index (χ3n) is 5.73. The van der Waals surface area contributed by atoms with Crippen molar-refractivity contribution < 1.29 is 19.4 Å². The number of halogens is 2. The molecule has 2 N–H and O–H groups in total. The van der Waals surface area contributed by atoms with Crippen molar-refractivity contribution in [3.8, 4) is 11.8 Å². The molecule has 0 unspecified atom stereocenters. The van der Waals surface area contributed by atoms with Crippen LogP contribution in [-0.2, 0) is 4.79 Å². The quantitative estimate of drug-likeness (QED) is 0.288. The lowest BCUT2D eigenvalue weighted by molar-refractivity contribution is -0.136. The Bertz CT molecular complexity index is 1240. The summed E-state index contributed by atoms with van der Waals surface area (Å²) in [6.45, 7) is 2.14. The first kappa shape index (κ1) is 27.1. The predicted octanol–water partition coefficient (Wildman–Crippen LogP) is 6.77. The van der Waals surface area contributed by atoms with Crippen molar-refractivity contribution in [3.05, 3.63) is 99.0 Å². The lowest BCUT2D eigenvalue weighted by Gasteiger charge is -2.29. The van der Waals surface area contributed by atoms with Crippen LogP contribution in [0.4, 0.5) is 0 Å². The number of nitriles is 1. The minimum absolute atomic E-state index is 0.0573. The van der Waals surface area contributed by atoms with E-state index in [4.69, 9.17) is 33.0 Å². The number of carbonyl (C=O) groups is 2. The van der Waals surface area contributed by atoms with E-state index in [2.05, 4.69) is 18.3 Å². The third-order valence-corrected chi connectivity index (χ3v) is 6.30. The second-order valence-corrected chi connectivity index (χ2v) is 9.08. The lowest BCUT2D eigenvalue weighted by Crippen LogP contribution is -2.26. The summed E-state index contributed by atoms with van der Waals surface area (Å²) in [5.41, 5.74) is 2.54. The highest BCUT2D eigenvalue weighted by atomic mass is 35.5. The van der Waals surface area contributed by atoms with Crippen molar-refractivity contribution in [1.29, 1.82) is 5.26 Å². The number of amides is 1. The Morgan fingerprint density at radius 3 is 2.31 bits per heavy atom. The van der Waals surface area contributed by atoms with E-state index in [0.29, 0.717) is 21.4 Å². The summed E-state index contributed by atoms with van der Waals surface area (Å²) in [4.78, 5) is 23.1. The molecule has 3 aromatic carbocycles. The molecule has 0 aliphatic carbocycles. The number of ether oxygens (including phenoxy) is 1. The van der Waals surface area contributed by atoms with Gasteiger partial charge in [-0.15, -0.1) is 0 Å². The number of nitrogens with zero attached hydrogens (tertiary/aromatic N) is 1. The monoisotopic (exact) mass is 524 g/mol. The third kappa shape index (κ3) is 7.00. The number of carbonyl (C=O) groups excluding carboxylic acids is 1. The normalized spacial score (nSPS) is 12.3. The van der Waals surface area contributed by atoms with E-state index in [-0.39, 0.29) is 30.4 Å². The van der Waals surface area contributed by atoms with E-state index in [1.54, 1.807) is 42.5 Å². The van der Waals surface area contributed by atoms with Crippen molar-refractivity contribution in [1.82, 2.24) is 5.32 Å². The molecule has 6 nitrogen and oxygen atoms in total. The van der Waals surface area contributed by atoms with Crippen LogP contribution < -0.4 is 10.1 Å². The Morgan fingerprint density at radius 2 is 1.69 bits per heavy atom. The first-order valence-electron chi connectivity index (χ1n) is 11.5. The lowest BCUT2D eigenvalue weighted by atomic mass is 9.85. The maximum Gasteiger partial charge on any atom is 0.305 e. The van der Waals surface area contributed by atoms with Gasteiger partial charge in [-0.2, -0.15) is 5.26 Å². The predicted molar refractivity (Wildman–Crippen MR) is 140 cm³/mol. The van der Waals surface area contributed by atoms with Gasteiger partial charge < -0.3 is 15.2 Å². The highest BCUT2D eigenvalue weighted by Gasteiger charge is 2.28. The van der Waals surface area contributed by atoms with Crippen molar-refractivity contribution >= 4 is 35.1 Å². The van der Waals surface area contributed by atoms with E-state index >= 15 is 0 Å². The fraction of sp³-hybridized carbons (Fsp3) is 0.250. The number of benzene rings is 3. The average molecular weight is 525 g/mol. The van der Waals surface area contributed by atoms with Crippen molar-refractivity contribution in [3.63, 3.8) is 0 Å². The minimum atomic E-state index is -0.972. The van der Waals surface area contributed by atoms with Crippen LogP contribution in [0, 0.1) is 11.3 Å². The summed E-state index contributed by atoms with van der Waals surface area (Å²) in [5.74, 6) is -1.02. The van der Waals surface area contributed by atoms with Crippen LogP contribution in [0.5, 0.6) is 5.75 Å². The number of rotatable bonds is 11. The summed E-state index contributed by atoms with van der Waals surface area (Å²) in [5, 5.41) is 21.9. The molecule has 0 saturated heterocycles. The summed E-state index contributed by atoms with van der Waals surface area (Å²) in [7, 11) is 0. The van der Waals surface area contributed by atoms with Crippen LogP contribution in [0.25, 0.3) is 0 Å². The molecule has 1 amide bonds. The molecule has 8 heteroatoms. The Kier molecular flexibility index (Phi) is 9.75. The van der Waals surface area contributed by atoms with Gasteiger partial charge in [0.25, 0.3) is 5.91 Å². The molecule has 0 aromatic heterocycles. The van der Waals surface area contributed by atoms with Crippen molar-refractivity contribution in [2.75, 3.05) is 6.54 Å². The van der Waals surface area contributed by atoms with Gasteiger partial charge in [-0.05, 0) is 53.9 Å². The minimum Gasteiger partial charge on any atom is -0.484 e. The van der Waals surface area contributed by atoms with Crippen molar-refractivity contribution in [2.45, 2.75) is 38.2 Å². The number of hydrogen-bond donors (Lipinski definition) is 2. The van der Waals surface area contributed by atoms with Crippen LogP contribution in [0.3, 0.4) is 0 Å². The van der Waals surface area contributed by atoms with Crippen molar-refractivity contribution in [2.24, 2.45) is 0 Å². The highest BCUT2D eigenvalue weighted by Crippen LogP contribution is 2.40. The van der Waals surface area contributed by atoms with E-state index in [9.17, 15) is 14.9 Å². The summed E-state index contributed by atoms with van der Waals surface area (Å²) in [6, 6.07) is 21.8. The summed E-state index contributed by atoms with van der Waals surface area (Å²) in [6.07, 6.45) is 1.05. The van der Waals surface area contributed by atoms with Gasteiger partial charge in [0.2, 0.25) is 0 Å². The molecule has 36 heavy (non-hydrogen) atoms. The smallest absolute Gasteiger partial charge is 0.305 e. The van der Waals surface area contributed by atoms with E-state index < -0.39 is 12.1 Å². The van der Waals surface area contributed by atoms with Gasteiger partial charge >= 0.3 is 5.97 Å². The standard InChI is InChI=1S/C28H26Cl2N2O4/c1-2-4-22(18-7-9-20(10-8-18)28(35)32-16-15-26(33)34)27(19-11-13-21(29)14-12-19)36-25-6-3-5-24(30)23(25)17-31/h3,5-14,22,27H,2,4,15-16H2,1H3,(H,32,35)(H,33,34)/t22-,27+/m1/s1. The van der Waals surface area contributed by atoms with Crippen LogP contribution in [0.2, 0.25) is 10.0 Å². The Hall–Kier alpha value is -3.53. The van der Waals surface area contributed by atoms with Gasteiger partial charge in [-0.25, -0.2) is 0 Å². The fourth-order valence-corrected chi connectivity index (χ4v) is 4.29. The zero-order valence-electron chi connectivity index (χ0n) is 19.7. The Labute approximate surface area is 220 Å². The molecule has 0 heterocycles. The summed E-state index contributed by atoms with van der Waals surface area (Å²) < 4.78 is 6.48. The molecule has 186 valence electrons. The molecule has 0 bridgehead atoms. The first-order valence-corrected chi connectivity index (χ1v) is 12.3. The number of carboxylic acid groups (broad SMARTS) is 1. The second-order valence-electron chi connectivity index (χ2n) is 8.23. The van der Waals surface area contributed by atoms with Crippen LogP contribution in [-0.4, -0.2) is 23.5 Å². The van der Waals surface area contributed by atoms with Gasteiger partial charge in [-0.3, -0.25) is 9.59 Å². The molecule has 0 aliphatic rings. The van der Waals surface area contributed by atoms with E-state index in [1.165, 1.54) is 0 Å². The molecule has 0 saturated carbocycles. The number of carboxylic acids is 1. The van der Waals surface area contributed by atoms with Crippen LogP contribution in [0.15, 0.2) is 66.7 Å². The van der Waals surface area contributed by atoms with Crippen LogP contribution >= 0.6 is 23.2 Å². The molecule has 3 rings (SSSR count). The molecule has 0 radical (unpaired) electrons. The molecule has 0 aliphatic heterocycles. The zero-order valence-corrected chi connectivity index (χ0v) is 21.2. The average Bonchev–Trinajstić information content (AvgIpc) is 2.86. The SMILES string of the molecule is CCC[C@H](c1ccc(C(=O)NCCC(=O)O)cc1)[C@@H](Oc1cccc(Cl)c1C#N)c1ccc(Cl)cc1. The topological polar surface area (TPSA) is 99.4 Å². The second kappa shape index (κ2) is 13.0. The van der Waals surface area contributed by atoms with E-state index in [1.807, 2.05) is 24.3 Å². The molecule has 0 spiro atoms. The summed E-state index contributed by atoms with van der Waals surface area (Å²) >= 11 is 12.4. The molecular formula is C28H26Cl2N2O4. The molecular weight excluding hydrogens is 499 g/mol. The van der Waals surface area contributed by atoms with Gasteiger partial charge in [0.15, 0.2) is 0 Å². The number of aliphatic carboxylic acids is 1. The maximum atomic E-state index is 12.4. The number of hydrogen-bond acceptors (Lipinski definition) is 4.